The van der Waals surface area contributed by atoms with Gasteiger partial charge in [-0.05, 0) is 26.0 Å². The molecule has 1 N–H and O–H groups in total. The maximum absolute atomic E-state index is 12.4. The predicted molar refractivity (Wildman–Crippen MR) is 67.6 cm³/mol. The van der Waals surface area contributed by atoms with Crippen molar-refractivity contribution in [3.05, 3.63) is 29.6 Å². The number of aliphatic carboxylic acids is 1. The molecule has 0 bridgehead atoms. The molecule has 1 aromatic rings. The zero-order valence-corrected chi connectivity index (χ0v) is 11.2. The summed E-state index contributed by atoms with van der Waals surface area (Å²) in [5.74, 6) is -1.43. The fourth-order valence-corrected chi connectivity index (χ4v) is 1.64. The van der Waals surface area contributed by atoms with Crippen LogP contribution in [0.25, 0.3) is 0 Å². The molecule has 5 nitrogen and oxygen atoms in total. The molecule has 0 aliphatic heterocycles. The lowest BCUT2D eigenvalue weighted by atomic mass is 10.2. The molecular formula is C13H16F2N2O3. The number of carbonyl (C=O) groups is 2. The normalized spacial score (nSPS) is 10.9. The lowest BCUT2D eigenvalue weighted by molar-refractivity contribution is -0.137. The van der Waals surface area contributed by atoms with Crippen LogP contribution in [0.15, 0.2) is 18.3 Å². The van der Waals surface area contributed by atoms with Crippen molar-refractivity contribution in [3.63, 3.8) is 0 Å². The number of carbonyl (C=O) groups excluding carboxylic acids is 1. The summed E-state index contributed by atoms with van der Waals surface area (Å²) in [7, 11) is 0. The highest BCUT2D eigenvalue weighted by Gasteiger charge is 2.20. The number of rotatable bonds is 6. The van der Waals surface area contributed by atoms with Crippen LogP contribution in [0.3, 0.4) is 0 Å². The molecule has 0 aliphatic carbocycles. The number of halogens is 2. The summed E-state index contributed by atoms with van der Waals surface area (Å²) in [4.78, 5) is 27.6. The number of alkyl halides is 2. The summed E-state index contributed by atoms with van der Waals surface area (Å²) in [5, 5.41) is 8.66. The standard InChI is InChI=1S/C13H16F2N2O3/c1-8(2)17(6-5-11(18)19)13(20)9-3-4-10(12(14)15)16-7-9/h3-4,7-8,12H,5-6H2,1-2H3,(H,18,19). The number of carboxylic acids is 1. The van der Waals surface area contributed by atoms with Gasteiger partial charge in [0.25, 0.3) is 12.3 Å². The van der Waals surface area contributed by atoms with Gasteiger partial charge < -0.3 is 10.0 Å². The van der Waals surface area contributed by atoms with Gasteiger partial charge in [-0.2, -0.15) is 0 Å². The monoisotopic (exact) mass is 286 g/mol. The molecule has 0 saturated heterocycles. The third-order valence-corrected chi connectivity index (χ3v) is 2.71. The van der Waals surface area contributed by atoms with Crippen molar-refractivity contribution in [1.82, 2.24) is 9.88 Å². The van der Waals surface area contributed by atoms with Crippen LogP contribution in [-0.2, 0) is 4.79 Å². The zero-order chi connectivity index (χ0) is 15.3. The Labute approximate surface area is 115 Å². The summed E-state index contributed by atoms with van der Waals surface area (Å²) >= 11 is 0. The second kappa shape index (κ2) is 6.93. The molecule has 0 saturated carbocycles. The SMILES string of the molecule is CC(C)N(CCC(=O)O)C(=O)c1ccc(C(F)F)nc1. The molecule has 0 unspecified atom stereocenters. The molecule has 1 heterocycles. The molecule has 1 aromatic heterocycles. The van der Waals surface area contributed by atoms with Crippen molar-refractivity contribution in [1.29, 1.82) is 0 Å². The van der Waals surface area contributed by atoms with Gasteiger partial charge in [-0.3, -0.25) is 14.6 Å². The molecule has 20 heavy (non-hydrogen) atoms. The smallest absolute Gasteiger partial charge is 0.305 e. The van der Waals surface area contributed by atoms with Crippen molar-refractivity contribution in [2.24, 2.45) is 0 Å². The van der Waals surface area contributed by atoms with Crippen LogP contribution in [0.4, 0.5) is 8.78 Å². The number of carboxylic acid groups (broad SMARTS) is 1. The minimum absolute atomic E-state index is 0.0580. The first kappa shape index (κ1) is 16.0. The highest BCUT2D eigenvalue weighted by atomic mass is 19.3. The van der Waals surface area contributed by atoms with Crippen LogP contribution in [0, 0.1) is 0 Å². The lowest BCUT2D eigenvalue weighted by Gasteiger charge is -2.26. The quantitative estimate of drug-likeness (QED) is 0.871. The summed E-state index contributed by atoms with van der Waals surface area (Å²) < 4.78 is 24.7. The maximum atomic E-state index is 12.4. The molecule has 0 aliphatic rings. The molecule has 0 atom stereocenters. The fraction of sp³-hybridized carbons (Fsp3) is 0.462. The Morgan fingerprint density at radius 1 is 1.35 bits per heavy atom. The Balaban J connectivity index is 2.86. The van der Waals surface area contributed by atoms with Gasteiger partial charge in [-0.15, -0.1) is 0 Å². The van der Waals surface area contributed by atoms with Crippen LogP contribution < -0.4 is 0 Å². The molecule has 1 amide bonds. The number of aromatic nitrogens is 1. The molecular weight excluding hydrogens is 270 g/mol. The Morgan fingerprint density at radius 3 is 2.40 bits per heavy atom. The van der Waals surface area contributed by atoms with Crippen molar-refractivity contribution >= 4 is 11.9 Å². The third-order valence-electron chi connectivity index (χ3n) is 2.71. The Bertz CT molecular complexity index is 475. The number of amides is 1. The topological polar surface area (TPSA) is 70.5 Å². The van der Waals surface area contributed by atoms with E-state index in [1.807, 2.05) is 0 Å². The minimum atomic E-state index is -2.69. The van der Waals surface area contributed by atoms with Crippen LogP contribution in [0.2, 0.25) is 0 Å². The van der Waals surface area contributed by atoms with Gasteiger partial charge in [0.2, 0.25) is 0 Å². The van der Waals surface area contributed by atoms with Gasteiger partial charge in [0, 0.05) is 18.8 Å². The molecule has 7 heteroatoms. The van der Waals surface area contributed by atoms with E-state index < -0.39 is 24.0 Å². The zero-order valence-electron chi connectivity index (χ0n) is 11.2. The predicted octanol–water partition coefficient (Wildman–Crippen LogP) is 2.34. The van der Waals surface area contributed by atoms with Crippen LogP contribution >= 0.6 is 0 Å². The highest BCUT2D eigenvalue weighted by Crippen LogP contribution is 2.17. The minimum Gasteiger partial charge on any atom is -0.481 e. The first-order valence-electron chi connectivity index (χ1n) is 6.09. The molecule has 110 valence electrons. The summed E-state index contributed by atoms with van der Waals surface area (Å²) in [6.45, 7) is 3.56. The van der Waals surface area contributed by atoms with E-state index in [0.29, 0.717) is 0 Å². The molecule has 1 rings (SSSR count). The van der Waals surface area contributed by atoms with Gasteiger partial charge in [0.15, 0.2) is 0 Å². The first-order valence-corrected chi connectivity index (χ1v) is 6.09. The van der Waals surface area contributed by atoms with Crippen molar-refractivity contribution in [3.8, 4) is 0 Å². The fourth-order valence-electron chi connectivity index (χ4n) is 1.64. The van der Waals surface area contributed by atoms with Gasteiger partial charge in [0.1, 0.15) is 5.69 Å². The van der Waals surface area contributed by atoms with Gasteiger partial charge in [-0.1, -0.05) is 0 Å². The molecule has 0 radical (unpaired) electrons. The average Bonchev–Trinajstić information content (AvgIpc) is 2.38. The van der Waals surface area contributed by atoms with E-state index >= 15 is 0 Å². The molecule has 0 aromatic carbocycles. The Morgan fingerprint density at radius 2 is 2.00 bits per heavy atom. The highest BCUT2D eigenvalue weighted by molar-refractivity contribution is 5.94. The van der Waals surface area contributed by atoms with E-state index in [2.05, 4.69) is 4.98 Å². The number of hydrogen-bond acceptors (Lipinski definition) is 3. The first-order chi connectivity index (χ1) is 9.32. The Kier molecular flexibility index (Phi) is 5.54. The largest absolute Gasteiger partial charge is 0.481 e. The van der Waals surface area contributed by atoms with E-state index in [9.17, 15) is 18.4 Å². The summed E-state index contributed by atoms with van der Waals surface area (Å²) in [6.07, 6.45) is -1.78. The van der Waals surface area contributed by atoms with Crippen LogP contribution in [-0.4, -0.2) is 39.5 Å². The number of hydrogen-bond donors (Lipinski definition) is 1. The molecule has 0 fully saturated rings. The Hall–Kier alpha value is -2.05. The maximum Gasteiger partial charge on any atom is 0.305 e. The van der Waals surface area contributed by atoms with E-state index in [-0.39, 0.29) is 24.6 Å². The van der Waals surface area contributed by atoms with Crippen LogP contribution in [0.1, 0.15) is 42.7 Å². The average molecular weight is 286 g/mol. The van der Waals surface area contributed by atoms with Crippen molar-refractivity contribution < 1.29 is 23.5 Å². The lowest BCUT2D eigenvalue weighted by Crippen LogP contribution is -2.38. The van der Waals surface area contributed by atoms with E-state index in [0.717, 1.165) is 12.3 Å². The van der Waals surface area contributed by atoms with Crippen LogP contribution in [0.5, 0.6) is 0 Å². The van der Waals surface area contributed by atoms with Gasteiger partial charge in [0.05, 0.1) is 12.0 Å². The van der Waals surface area contributed by atoms with E-state index in [1.165, 1.54) is 11.0 Å². The van der Waals surface area contributed by atoms with Crippen molar-refractivity contribution in [2.75, 3.05) is 6.54 Å². The third kappa shape index (κ3) is 4.25. The van der Waals surface area contributed by atoms with Crippen molar-refractivity contribution in [2.45, 2.75) is 32.7 Å². The van der Waals surface area contributed by atoms with E-state index in [4.69, 9.17) is 5.11 Å². The molecule has 0 spiro atoms. The second-order valence-electron chi connectivity index (χ2n) is 4.51. The van der Waals surface area contributed by atoms with Gasteiger partial charge >= 0.3 is 5.97 Å². The van der Waals surface area contributed by atoms with Gasteiger partial charge in [-0.25, -0.2) is 8.78 Å². The van der Waals surface area contributed by atoms with E-state index in [1.54, 1.807) is 13.8 Å². The summed E-state index contributed by atoms with van der Waals surface area (Å²) in [6, 6.07) is 2.16. The second-order valence-corrected chi connectivity index (χ2v) is 4.51. The number of nitrogens with zero attached hydrogens (tertiary/aromatic N) is 2. The number of pyridine rings is 1. The summed E-state index contributed by atoms with van der Waals surface area (Å²) in [5.41, 5.74) is -0.239.